The summed E-state index contributed by atoms with van der Waals surface area (Å²) in [5.41, 5.74) is 0. The molecular weight excluding hydrogens is 967 g/mol. The monoisotopic (exact) mass is 1080 g/mol. The van der Waals surface area contributed by atoms with E-state index in [1.165, 1.54) is 173 Å². The normalized spacial score (nSPS) is 25.1. The molecule has 0 bridgehead atoms. The first-order valence-corrected chi connectivity index (χ1v) is 31.2. The van der Waals surface area contributed by atoms with E-state index in [0.29, 0.717) is 12.8 Å². The minimum absolute atomic E-state index is 0.258. The van der Waals surface area contributed by atoms with Gasteiger partial charge in [-0.2, -0.15) is 0 Å². The Labute approximate surface area is 461 Å². The SMILES string of the molecule is CCCCC/C=C\CCCCCCCC(=O)NC(COC1OC(CO)C(OC2OC(CO)C(O)C(O)C2O)C(O)C1O)C(O)/C=C/CC/C=C/CCCCCCCCCCCCCCCCCCCCCCCCCC. The first-order valence-electron chi connectivity index (χ1n) is 31.2. The molecule has 12 unspecified atom stereocenters. The molecule has 2 heterocycles. The molecule has 2 rings (SSSR count). The van der Waals surface area contributed by atoms with E-state index >= 15 is 0 Å². The molecule has 14 nitrogen and oxygen atoms in total. The lowest BCUT2D eigenvalue weighted by Crippen LogP contribution is -2.65. The lowest BCUT2D eigenvalue weighted by molar-refractivity contribution is -0.359. The van der Waals surface area contributed by atoms with Crippen LogP contribution < -0.4 is 5.32 Å². The van der Waals surface area contributed by atoms with Crippen LogP contribution in [0.1, 0.15) is 258 Å². The quantitative estimate of drug-likeness (QED) is 0.0204. The molecule has 2 aliphatic rings. The number of allylic oxidation sites excluding steroid dienone is 5. The summed E-state index contributed by atoms with van der Waals surface area (Å²) < 4.78 is 22.7. The number of amides is 1. The maximum atomic E-state index is 13.2. The number of hydrogen-bond donors (Lipinski definition) is 9. The van der Waals surface area contributed by atoms with E-state index in [1.807, 2.05) is 6.08 Å². The van der Waals surface area contributed by atoms with Crippen molar-refractivity contribution in [3.8, 4) is 0 Å². The third kappa shape index (κ3) is 33.1. The molecule has 0 aromatic carbocycles. The van der Waals surface area contributed by atoms with E-state index in [2.05, 4.69) is 43.5 Å². The summed E-state index contributed by atoms with van der Waals surface area (Å²) >= 11 is 0. The lowest BCUT2D eigenvalue weighted by Gasteiger charge is -2.46. The number of nitrogens with one attached hydrogen (secondary N) is 1. The molecule has 0 radical (unpaired) electrons. The summed E-state index contributed by atoms with van der Waals surface area (Å²) in [5, 5.41) is 87.0. The minimum atomic E-state index is -1.79. The van der Waals surface area contributed by atoms with Crippen LogP contribution in [0.15, 0.2) is 36.5 Å². The Kier molecular flexibility index (Phi) is 44.4. The minimum Gasteiger partial charge on any atom is -0.394 e. The first kappa shape index (κ1) is 70.3. The Hall–Kier alpha value is -1.79. The van der Waals surface area contributed by atoms with Crippen LogP contribution in [0, 0.1) is 0 Å². The van der Waals surface area contributed by atoms with Gasteiger partial charge in [0.25, 0.3) is 0 Å². The smallest absolute Gasteiger partial charge is 0.220 e. The Bertz CT molecular complexity index is 1410. The number of rotatable bonds is 50. The van der Waals surface area contributed by atoms with Crippen LogP contribution in [-0.2, 0) is 23.7 Å². The van der Waals surface area contributed by atoms with Crippen LogP contribution in [0.4, 0.5) is 0 Å². The summed E-state index contributed by atoms with van der Waals surface area (Å²) in [4.78, 5) is 13.2. The Morgan fingerprint density at radius 1 is 0.461 bits per heavy atom. The highest BCUT2D eigenvalue weighted by molar-refractivity contribution is 5.76. The second kappa shape index (κ2) is 48.0. The molecule has 9 N–H and O–H groups in total. The molecule has 0 spiro atoms. The summed E-state index contributed by atoms with van der Waals surface area (Å²) in [6.07, 6.45) is 42.2. The number of aliphatic hydroxyl groups is 8. The molecule has 76 heavy (non-hydrogen) atoms. The van der Waals surface area contributed by atoms with Crippen molar-refractivity contribution in [2.45, 2.75) is 331 Å². The fourth-order valence-corrected chi connectivity index (χ4v) is 10.2. The number of aliphatic hydroxyl groups excluding tert-OH is 8. The highest BCUT2D eigenvalue weighted by atomic mass is 16.7. The fourth-order valence-electron chi connectivity index (χ4n) is 10.2. The van der Waals surface area contributed by atoms with E-state index in [0.717, 1.165) is 51.4 Å². The third-order valence-electron chi connectivity index (χ3n) is 15.3. The zero-order chi connectivity index (χ0) is 55.3. The molecule has 446 valence electrons. The highest BCUT2D eigenvalue weighted by Crippen LogP contribution is 2.30. The Morgan fingerprint density at radius 3 is 1.32 bits per heavy atom. The molecular formula is C62H115NO13. The molecule has 0 aromatic heterocycles. The molecule has 0 aromatic rings. The van der Waals surface area contributed by atoms with Gasteiger partial charge in [-0.1, -0.05) is 230 Å². The summed E-state index contributed by atoms with van der Waals surface area (Å²) in [5.74, 6) is -0.258. The van der Waals surface area contributed by atoms with Gasteiger partial charge in [-0.15, -0.1) is 0 Å². The van der Waals surface area contributed by atoms with Crippen LogP contribution >= 0.6 is 0 Å². The van der Waals surface area contributed by atoms with Crippen LogP contribution in [0.25, 0.3) is 0 Å². The van der Waals surface area contributed by atoms with Crippen molar-refractivity contribution >= 4 is 5.91 Å². The van der Waals surface area contributed by atoms with Gasteiger partial charge in [-0.3, -0.25) is 4.79 Å². The van der Waals surface area contributed by atoms with Gasteiger partial charge < -0.3 is 65.1 Å². The molecule has 14 heteroatoms. The van der Waals surface area contributed by atoms with E-state index < -0.39 is 86.8 Å². The van der Waals surface area contributed by atoms with Gasteiger partial charge in [0.05, 0.1) is 32.0 Å². The predicted molar refractivity (Wildman–Crippen MR) is 305 cm³/mol. The number of unbranched alkanes of at least 4 members (excludes halogenated alkanes) is 33. The van der Waals surface area contributed by atoms with Gasteiger partial charge in [0.2, 0.25) is 5.91 Å². The topological polar surface area (TPSA) is 228 Å². The molecule has 12 atom stereocenters. The van der Waals surface area contributed by atoms with Crippen molar-refractivity contribution in [3.63, 3.8) is 0 Å². The number of ether oxygens (including phenoxy) is 4. The van der Waals surface area contributed by atoms with Crippen molar-refractivity contribution in [1.29, 1.82) is 0 Å². The predicted octanol–water partition coefficient (Wildman–Crippen LogP) is 11.0. The molecule has 2 fully saturated rings. The van der Waals surface area contributed by atoms with Gasteiger partial charge in [-0.25, -0.2) is 0 Å². The molecule has 2 aliphatic heterocycles. The lowest BCUT2D eigenvalue weighted by atomic mass is 9.97. The van der Waals surface area contributed by atoms with Gasteiger partial charge in [0, 0.05) is 6.42 Å². The van der Waals surface area contributed by atoms with Crippen molar-refractivity contribution in [2.75, 3.05) is 19.8 Å². The van der Waals surface area contributed by atoms with E-state index in [4.69, 9.17) is 18.9 Å². The van der Waals surface area contributed by atoms with Gasteiger partial charge >= 0.3 is 0 Å². The van der Waals surface area contributed by atoms with E-state index in [-0.39, 0.29) is 18.9 Å². The summed E-state index contributed by atoms with van der Waals surface area (Å²) in [6.45, 7) is 2.76. The van der Waals surface area contributed by atoms with Gasteiger partial charge in [0.1, 0.15) is 48.8 Å². The van der Waals surface area contributed by atoms with Crippen LogP contribution in [0.2, 0.25) is 0 Å². The van der Waals surface area contributed by atoms with Crippen LogP contribution in [0.5, 0.6) is 0 Å². The number of hydrogen-bond acceptors (Lipinski definition) is 13. The third-order valence-corrected chi connectivity index (χ3v) is 15.3. The number of carbonyl (C=O) groups excluding carboxylic acids is 1. The molecule has 0 aliphatic carbocycles. The molecule has 0 saturated carbocycles. The van der Waals surface area contributed by atoms with E-state index in [9.17, 15) is 45.6 Å². The maximum Gasteiger partial charge on any atom is 0.220 e. The van der Waals surface area contributed by atoms with Crippen molar-refractivity contribution in [3.05, 3.63) is 36.5 Å². The standard InChI is InChI=1S/C62H115NO13/c1-3-5-7-9-11-13-15-17-18-19-20-21-22-23-24-25-26-27-28-29-30-31-32-33-34-35-37-39-41-43-45-51(66)50(63-54(67)46-44-42-40-38-36-16-14-12-10-8-6-4-2)49-73-61-59(72)57(70)60(53(48-65)75-61)76-62-58(71)56(69)55(68)52(47-64)74-62/h12,14,35,37,43,45,50-53,55-62,64-66,68-72H,3-11,13,15-34,36,38-42,44,46-49H2,1-2H3,(H,63,67)/b14-12-,37-35+,45-43+. The van der Waals surface area contributed by atoms with E-state index in [1.54, 1.807) is 6.08 Å². The zero-order valence-corrected chi connectivity index (χ0v) is 48.0. The van der Waals surface area contributed by atoms with Crippen molar-refractivity contribution < 1.29 is 64.6 Å². The Morgan fingerprint density at radius 2 is 0.842 bits per heavy atom. The average molecular weight is 1080 g/mol. The average Bonchev–Trinajstić information content (AvgIpc) is 3.42. The van der Waals surface area contributed by atoms with Crippen molar-refractivity contribution in [2.24, 2.45) is 0 Å². The zero-order valence-electron chi connectivity index (χ0n) is 48.0. The fraction of sp³-hybridized carbons (Fsp3) is 0.887. The largest absolute Gasteiger partial charge is 0.394 e. The first-order chi connectivity index (χ1) is 37.1. The molecule has 2 saturated heterocycles. The highest BCUT2D eigenvalue weighted by Gasteiger charge is 2.51. The van der Waals surface area contributed by atoms with Gasteiger partial charge in [0.15, 0.2) is 12.6 Å². The van der Waals surface area contributed by atoms with Crippen LogP contribution in [0.3, 0.4) is 0 Å². The summed E-state index contributed by atoms with van der Waals surface area (Å²) in [7, 11) is 0. The number of carbonyl (C=O) groups is 1. The maximum absolute atomic E-state index is 13.2. The molecule has 1 amide bonds. The van der Waals surface area contributed by atoms with Crippen molar-refractivity contribution in [1.82, 2.24) is 5.32 Å². The second-order valence-electron chi connectivity index (χ2n) is 22.2. The summed E-state index contributed by atoms with van der Waals surface area (Å²) in [6, 6.07) is -0.935. The Balaban J connectivity index is 1.69. The van der Waals surface area contributed by atoms with Gasteiger partial charge in [-0.05, 0) is 57.8 Å². The van der Waals surface area contributed by atoms with Crippen LogP contribution in [-0.4, -0.2) is 140 Å². The second-order valence-corrected chi connectivity index (χ2v) is 22.2.